The van der Waals surface area contributed by atoms with Crippen molar-refractivity contribution in [3.05, 3.63) is 46.3 Å². The Morgan fingerprint density at radius 3 is 2.35 bits per heavy atom. The van der Waals surface area contributed by atoms with Crippen molar-refractivity contribution in [1.29, 1.82) is 0 Å². The van der Waals surface area contributed by atoms with Gasteiger partial charge in [-0.3, -0.25) is 0 Å². The summed E-state index contributed by atoms with van der Waals surface area (Å²) in [5, 5.41) is 0. The molecule has 0 radical (unpaired) electrons. The average Bonchev–Trinajstić information content (AvgIpc) is 2.87. The molecule has 0 aliphatic rings. The molecule has 0 aliphatic carbocycles. The number of thiophene rings is 1. The lowest BCUT2D eigenvalue weighted by molar-refractivity contribution is 0.0594. The predicted molar refractivity (Wildman–Crippen MR) is 77.2 cm³/mol. The average molecular weight is 290 g/mol. The summed E-state index contributed by atoms with van der Waals surface area (Å²) in [4.78, 5) is 24.8. The Morgan fingerprint density at radius 1 is 1.05 bits per heavy atom. The molecular weight excluding hydrogens is 276 g/mol. The van der Waals surface area contributed by atoms with Crippen LogP contribution in [0.5, 0.6) is 0 Å². The summed E-state index contributed by atoms with van der Waals surface area (Å²) >= 11 is 1.31. The van der Waals surface area contributed by atoms with Gasteiger partial charge in [-0.15, -0.1) is 11.3 Å². The molecule has 0 saturated carbocycles. The zero-order chi connectivity index (χ0) is 14.7. The first-order chi connectivity index (χ1) is 9.58. The number of benzene rings is 1. The minimum Gasteiger partial charge on any atom is -0.465 e. The third-order valence-electron chi connectivity index (χ3n) is 2.89. The fourth-order valence-corrected chi connectivity index (χ4v) is 3.03. The molecule has 104 valence electrons. The molecule has 1 aromatic carbocycles. The van der Waals surface area contributed by atoms with E-state index in [0.717, 1.165) is 16.0 Å². The number of rotatable bonds is 3. The fraction of sp³-hybridized carbons (Fsp3) is 0.200. The SMILES string of the molecule is COC(=O)c1ccccc1-c1cc(C)c(C(=O)OC)s1. The van der Waals surface area contributed by atoms with Crippen molar-refractivity contribution in [2.75, 3.05) is 14.2 Å². The number of esters is 2. The lowest BCUT2D eigenvalue weighted by Crippen LogP contribution is -2.02. The number of hydrogen-bond donors (Lipinski definition) is 0. The van der Waals surface area contributed by atoms with Gasteiger partial charge in [-0.2, -0.15) is 0 Å². The van der Waals surface area contributed by atoms with E-state index in [1.807, 2.05) is 25.1 Å². The molecule has 20 heavy (non-hydrogen) atoms. The van der Waals surface area contributed by atoms with Crippen LogP contribution in [0.25, 0.3) is 10.4 Å². The lowest BCUT2D eigenvalue weighted by atomic mass is 10.1. The maximum atomic E-state index is 11.8. The van der Waals surface area contributed by atoms with E-state index in [4.69, 9.17) is 9.47 Å². The summed E-state index contributed by atoms with van der Waals surface area (Å²) < 4.78 is 9.52. The van der Waals surface area contributed by atoms with Gasteiger partial charge in [0.2, 0.25) is 0 Å². The summed E-state index contributed by atoms with van der Waals surface area (Å²) in [5.41, 5.74) is 2.06. The van der Waals surface area contributed by atoms with Gasteiger partial charge in [0.15, 0.2) is 0 Å². The lowest BCUT2D eigenvalue weighted by Gasteiger charge is -2.05. The van der Waals surface area contributed by atoms with Crippen molar-refractivity contribution in [3.63, 3.8) is 0 Å². The van der Waals surface area contributed by atoms with Gasteiger partial charge < -0.3 is 9.47 Å². The third kappa shape index (κ3) is 2.58. The normalized spacial score (nSPS) is 10.2. The van der Waals surface area contributed by atoms with Gasteiger partial charge in [0.1, 0.15) is 4.88 Å². The summed E-state index contributed by atoms with van der Waals surface area (Å²) in [6.07, 6.45) is 0. The van der Waals surface area contributed by atoms with Gasteiger partial charge >= 0.3 is 11.9 Å². The molecule has 0 bridgehead atoms. The van der Waals surface area contributed by atoms with Crippen LogP contribution in [0.4, 0.5) is 0 Å². The Kier molecular flexibility index (Phi) is 4.20. The fourth-order valence-electron chi connectivity index (χ4n) is 1.90. The van der Waals surface area contributed by atoms with Gasteiger partial charge in [0.05, 0.1) is 19.8 Å². The highest BCUT2D eigenvalue weighted by atomic mass is 32.1. The van der Waals surface area contributed by atoms with Gasteiger partial charge in [-0.1, -0.05) is 18.2 Å². The number of ether oxygens (including phenoxy) is 2. The van der Waals surface area contributed by atoms with E-state index in [2.05, 4.69) is 0 Å². The molecule has 0 saturated heterocycles. The van der Waals surface area contributed by atoms with E-state index < -0.39 is 5.97 Å². The summed E-state index contributed by atoms with van der Waals surface area (Å²) in [5.74, 6) is -0.763. The minimum absolute atomic E-state index is 0.366. The summed E-state index contributed by atoms with van der Waals surface area (Å²) in [6.45, 7) is 1.84. The van der Waals surface area contributed by atoms with Crippen LogP contribution < -0.4 is 0 Å². The van der Waals surface area contributed by atoms with Crippen LogP contribution in [0.15, 0.2) is 30.3 Å². The van der Waals surface area contributed by atoms with Crippen molar-refractivity contribution in [2.24, 2.45) is 0 Å². The van der Waals surface area contributed by atoms with Crippen molar-refractivity contribution < 1.29 is 19.1 Å². The smallest absolute Gasteiger partial charge is 0.348 e. The highest BCUT2D eigenvalue weighted by Crippen LogP contribution is 2.34. The molecule has 1 aromatic heterocycles. The monoisotopic (exact) mass is 290 g/mol. The van der Waals surface area contributed by atoms with Gasteiger partial charge in [0, 0.05) is 10.4 Å². The molecule has 2 aromatic rings. The molecule has 2 rings (SSSR count). The number of methoxy groups -OCH3 is 2. The zero-order valence-electron chi connectivity index (χ0n) is 11.4. The predicted octanol–water partition coefficient (Wildman–Crippen LogP) is 3.30. The van der Waals surface area contributed by atoms with Crippen molar-refractivity contribution in [1.82, 2.24) is 0 Å². The Labute approximate surface area is 121 Å². The maximum Gasteiger partial charge on any atom is 0.348 e. The highest BCUT2D eigenvalue weighted by Gasteiger charge is 2.18. The Bertz CT molecular complexity index is 658. The molecular formula is C15H14O4S. The second kappa shape index (κ2) is 5.88. The quantitative estimate of drug-likeness (QED) is 0.814. The molecule has 0 unspecified atom stereocenters. The van der Waals surface area contributed by atoms with Gasteiger partial charge in [-0.25, -0.2) is 9.59 Å². The topological polar surface area (TPSA) is 52.6 Å². The van der Waals surface area contributed by atoms with Crippen molar-refractivity contribution >= 4 is 23.3 Å². The zero-order valence-corrected chi connectivity index (χ0v) is 12.2. The van der Waals surface area contributed by atoms with Crippen LogP contribution in [-0.4, -0.2) is 26.2 Å². The van der Waals surface area contributed by atoms with Crippen LogP contribution in [0, 0.1) is 6.92 Å². The molecule has 4 nitrogen and oxygen atoms in total. The second-order valence-corrected chi connectivity index (χ2v) is 5.20. The van der Waals surface area contributed by atoms with Crippen LogP contribution in [0.2, 0.25) is 0 Å². The van der Waals surface area contributed by atoms with Gasteiger partial charge in [0.25, 0.3) is 0 Å². The number of carbonyl (C=O) groups excluding carboxylic acids is 2. The molecule has 0 aliphatic heterocycles. The Hall–Kier alpha value is -2.14. The van der Waals surface area contributed by atoms with E-state index in [0.29, 0.717) is 10.4 Å². The Balaban J connectivity index is 2.53. The van der Waals surface area contributed by atoms with Crippen LogP contribution >= 0.6 is 11.3 Å². The van der Waals surface area contributed by atoms with E-state index in [9.17, 15) is 9.59 Å². The van der Waals surface area contributed by atoms with Crippen LogP contribution in [0.3, 0.4) is 0 Å². The van der Waals surface area contributed by atoms with E-state index in [1.165, 1.54) is 25.6 Å². The molecule has 0 atom stereocenters. The van der Waals surface area contributed by atoms with Crippen molar-refractivity contribution in [3.8, 4) is 10.4 Å². The first kappa shape index (κ1) is 14.3. The molecule has 0 spiro atoms. The number of hydrogen-bond acceptors (Lipinski definition) is 5. The standard InChI is InChI=1S/C15H14O4S/c1-9-8-12(20-13(9)15(17)19-3)10-6-4-5-7-11(10)14(16)18-2/h4-8H,1-3H3. The second-order valence-electron chi connectivity index (χ2n) is 4.15. The molecule has 0 fully saturated rings. The van der Waals surface area contributed by atoms with Crippen LogP contribution in [-0.2, 0) is 9.47 Å². The van der Waals surface area contributed by atoms with Crippen molar-refractivity contribution in [2.45, 2.75) is 6.92 Å². The first-order valence-electron chi connectivity index (χ1n) is 5.95. The molecule has 1 heterocycles. The highest BCUT2D eigenvalue weighted by molar-refractivity contribution is 7.17. The largest absolute Gasteiger partial charge is 0.465 e. The van der Waals surface area contributed by atoms with E-state index in [1.54, 1.807) is 12.1 Å². The van der Waals surface area contributed by atoms with E-state index in [-0.39, 0.29) is 5.97 Å². The minimum atomic E-state index is -0.397. The number of carbonyl (C=O) groups is 2. The molecule has 0 N–H and O–H groups in total. The third-order valence-corrected chi connectivity index (χ3v) is 4.14. The number of aryl methyl sites for hydroxylation is 1. The first-order valence-corrected chi connectivity index (χ1v) is 6.76. The van der Waals surface area contributed by atoms with Crippen LogP contribution in [0.1, 0.15) is 25.6 Å². The summed E-state index contributed by atoms with van der Waals surface area (Å²) in [6, 6.07) is 9.03. The molecule has 5 heteroatoms. The Morgan fingerprint density at radius 2 is 1.70 bits per heavy atom. The van der Waals surface area contributed by atoms with Gasteiger partial charge in [-0.05, 0) is 24.6 Å². The van der Waals surface area contributed by atoms with E-state index >= 15 is 0 Å². The molecule has 0 amide bonds. The summed E-state index contributed by atoms with van der Waals surface area (Å²) in [7, 11) is 2.70. The maximum absolute atomic E-state index is 11.8.